The highest BCUT2D eigenvalue weighted by molar-refractivity contribution is 6.04. The Hall–Kier alpha value is -2.37. The number of H-pyrrole nitrogens is 1. The number of carbonyl (C=O) groups is 1. The van der Waals surface area contributed by atoms with Gasteiger partial charge in [-0.05, 0) is 38.0 Å². The summed E-state index contributed by atoms with van der Waals surface area (Å²) in [5, 5.41) is 3.92. The third-order valence-electron chi connectivity index (χ3n) is 4.16. The molecule has 5 nitrogen and oxygen atoms in total. The molecular weight excluding hydrogens is 299 g/mol. The Morgan fingerprint density at radius 3 is 2.83 bits per heavy atom. The molecule has 122 valence electrons. The largest absolute Gasteiger partial charge is 0.462 e. The van der Waals surface area contributed by atoms with E-state index in [0.29, 0.717) is 16.6 Å². The van der Waals surface area contributed by atoms with E-state index in [2.05, 4.69) is 10.3 Å². The third kappa shape index (κ3) is 3.06. The monoisotopic (exact) mass is 318 g/mol. The first-order valence-corrected chi connectivity index (χ1v) is 7.89. The van der Waals surface area contributed by atoms with Crippen molar-refractivity contribution in [2.24, 2.45) is 0 Å². The number of halogens is 1. The van der Waals surface area contributed by atoms with Crippen molar-refractivity contribution in [3.63, 3.8) is 0 Å². The molecule has 1 aromatic heterocycles. The number of benzene rings is 1. The Bertz CT molecular complexity index is 794. The summed E-state index contributed by atoms with van der Waals surface area (Å²) in [6.07, 6.45) is 4.19. The number of nitrogens with one attached hydrogen (secondary N) is 2. The van der Waals surface area contributed by atoms with Crippen molar-refractivity contribution in [3.05, 3.63) is 39.9 Å². The van der Waals surface area contributed by atoms with E-state index < -0.39 is 17.3 Å². The number of hydrogen-bond acceptors (Lipinski definition) is 4. The molecule has 1 aromatic carbocycles. The minimum absolute atomic E-state index is 0.0436. The van der Waals surface area contributed by atoms with E-state index in [9.17, 15) is 14.0 Å². The Balaban J connectivity index is 2.18. The summed E-state index contributed by atoms with van der Waals surface area (Å²) in [7, 11) is 0. The lowest BCUT2D eigenvalue weighted by molar-refractivity contribution is 0.0525. The summed E-state index contributed by atoms with van der Waals surface area (Å²) in [5.74, 6) is -1.11. The molecule has 0 amide bonds. The summed E-state index contributed by atoms with van der Waals surface area (Å²) in [6.45, 7) is 1.87. The minimum Gasteiger partial charge on any atom is -0.462 e. The van der Waals surface area contributed by atoms with Crippen molar-refractivity contribution in [1.82, 2.24) is 4.98 Å². The van der Waals surface area contributed by atoms with Crippen LogP contribution in [0.15, 0.2) is 23.0 Å². The van der Waals surface area contributed by atoms with Gasteiger partial charge in [-0.15, -0.1) is 0 Å². The van der Waals surface area contributed by atoms with Crippen molar-refractivity contribution >= 4 is 22.6 Å². The molecule has 2 aromatic rings. The average molecular weight is 318 g/mol. The smallest absolute Gasteiger partial charge is 0.345 e. The van der Waals surface area contributed by atoms with E-state index in [4.69, 9.17) is 4.74 Å². The number of fused-ring (bicyclic) bond motifs is 1. The lowest BCUT2D eigenvalue weighted by Crippen LogP contribution is -2.25. The lowest BCUT2D eigenvalue weighted by Gasteiger charge is -2.18. The molecule has 1 aliphatic rings. The highest BCUT2D eigenvalue weighted by Gasteiger charge is 2.24. The van der Waals surface area contributed by atoms with Gasteiger partial charge in [0.2, 0.25) is 0 Å². The van der Waals surface area contributed by atoms with Crippen LogP contribution in [0.3, 0.4) is 0 Å². The zero-order valence-electron chi connectivity index (χ0n) is 12.9. The Kier molecular flexibility index (Phi) is 4.32. The summed E-state index contributed by atoms with van der Waals surface area (Å²) >= 11 is 0. The van der Waals surface area contributed by atoms with Crippen LogP contribution in [0.5, 0.6) is 0 Å². The molecule has 1 heterocycles. The maximum absolute atomic E-state index is 13.5. The molecule has 0 atom stereocenters. The van der Waals surface area contributed by atoms with Crippen LogP contribution < -0.4 is 10.9 Å². The Labute approximate surface area is 132 Å². The van der Waals surface area contributed by atoms with E-state index in [1.165, 1.54) is 12.1 Å². The van der Waals surface area contributed by atoms with Gasteiger partial charge in [0.05, 0.1) is 17.8 Å². The molecular formula is C17H19FN2O3. The van der Waals surface area contributed by atoms with Crippen molar-refractivity contribution in [2.45, 2.75) is 38.6 Å². The van der Waals surface area contributed by atoms with Gasteiger partial charge in [-0.25, -0.2) is 9.18 Å². The van der Waals surface area contributed by atoms with Crippen LogP contribution in [0, 0.1) is 5.82 Å². The van der Waals surface area contributed by atoms with Crippen molar-refractivity contribution < 1.29 is 13.9 Å². The predicted molar refractivity (Wildman–Crippen MR) is 86.4 cm³/mol. The summed E-state index contributed by atoms with van der Waals surface area (Å²) in [4.78, 5) is 27.1. The Morgan fingerprint density at radius 1 is 1.39 bits per heavy atom. The van der Waals surface area contributed by atoms with E-state index in [-0.39, 0.29) is 18.2 Å². The molecule has 0 saturated heterocycles. The number of esters is 1. The van der Waals surface area contributed by atoms with Gasteiger partial charge < -0.3 is 15.0 Å². The molecule has 1 aliphatic carbocycles. The average Bonchev–Trinajstić information content (AvgIpc) is 3.00. The van der Waals surface area contributed by atoms with E-state index >= 15 is 0 Å². The normalized spacial score (nSPS) is 15.0. The quantitative estimate of drug-likeness (QED) is 0.849. The molecule has 0 unspecified atom stereocenters. The molecule has 23 heavy (non-hydrogen) atoms. The number of aromatic nitrogens is 1. The second kappa shape index (κ2) is 6.40. The van der Waals surface area contributed by atoms with E-state index in [0.717, 1.165) is 25.7 Å². The van der Waals surface area contributed by atoms with Gasteiger partial charge in [0.25, 0.3) is 5.56 Å². The zero-order chi connectivity index (χ0) is 16.4. The van der Waals surface area contributed by atoms with Crippen molar-refractivity contribution in [1.29, 1.82) is 0 Å². The topological polar surface area (TPSA) is 71.2 Å². The van der Waals surface area contributed by atoms with Gasteiger partial charge in [-0.1, -0.05) is 12.8 Å². The van der Waals surface area contributed by atoms with Gasteiger partial charge in [0.1, 0.15) is 11.4 Å². The highest BCUT2D eigenvalue weighted by Crippen LogP contribution is 2.29. The standard InChI is InChI=1S/C17H19FN2O3/c1-2-23-17(22)14-15(19-11-5-3-4-6-11)12-8-7-10(18)9-13(12)20-16(14)21/h7-9,11H,2-6H2,1H3,(H2,19,20,21). The van der Waals surface area contributed by atoms with Crippen LogP contribution >= 0.6 is 0 Å². The van der Waals surface area contributed by atoms with Gasteiger partial charge in [0, 0.05) is 11.4 Å². The van der Waals surface area contributed by atoms with Gasteiger partial charge >= 0.3 is 5.97 Å². The van der Waals surface area contributed by atoms with Crippen LogP contribution in [-0.2, 0) is 4.74 Å². The highest BCUT2D eigenvalue weighted by atomic mass is 19.1. The maximum atomic E-state index is 13.5. The van der Waals surface area contributed by atoms with Gasteiger partial charge in [-0.3, -0.25) is 4.79 Å². The number of pyridine rings is 1. The first-order valence-electron chi connectivity index (χ1n) is 7.89. The second-order valence-corrected chi connectivity index (χ2v) is 5.74. The molecule has 0 bridgehead atoms. The summed E-state index contributed by atoms with van der Waals surface area (Å²) in [5.41, 5.74) is 0.192. The number of anilines is 1. The third-order valence-corrected chi connectivity index (χ3v) is 4.16. The van der Waals surface area contributed by atoms with E-state index in [1.807, 2.05) is 0 Å². The van der Waals surface area contributed by atoms with Crippen LogP contribution in [0.25, 0.3) is 10.9 Å². The molecule has 0 spiro atoms. The Morgan fingerprint density at radius 2 is 2.13 bits per heavy atom. The second-order valence-electron chi connectivity index (χ2n) is 5.74. The molecule has 6 heteroatoms. The predicted octanol–water partition coefficient (Wildman–Crippen LogP) is 3.20. The van der Waals surface area contributed by atoms with Crippen LogP contribution in [-0.4, -0.2) is 23.6 Å². The number of hydrogen-bond donors (Lipinski definition) is 2. The fraction of sp³-hybridized carbons (Fsp3) is 0.412. The number of ether oxygens (including phenoxy) is 1. The zero-order valence-corrected chi connectivity index (χ0v) is 12.9. The number of carbonyl (C=O) groups excluding carboxylic acids is 1. The maximum Gasteiger partial charge on any atom is 0.345 e. The molecule has 1 saturated carbocycles. The molecule has 1 fully saturated rings. The fourth-order valence-corrected chi connectivity index (χ4v) is 3.09. The molecule has 0 radical (unpaired) electrons. The summed E-state index contributed by atoms with van der Waals surface area (Å²) in [6, 6.07) is 4.35. The lowest BCUT2D eigenvalue weighted by atomic mass is 10.1. The molecule has 3 rings (SSSR count). The van der Waals surface area contributed by atoms with Crippen molar-refractivity contribution in [2.75, 3.05) is 11.9 Å². The fourth-order valence-electron chi connectivity index (χ4n) is 3.09. The number of aromatic amines is 1. The first-order chi connectivity index (χ1) is 11.1. The summed E-state index contributed by atoms with van der Waals surface area (Å²) < 4.78 is 18.5. The number of rotatable bonds is 4. The first kappa shape index (κ1) is 15.5. The van der Waals surface area contributed by atoms with Crippen LogP contribution in [0.1, 0.15) is 43.0 Å². The van der Waals surface area contributed by atoms with Crippen LogP contribution in [0.2, 0.25) is 0 Å². The van der Waals surface area contributed by atoms with Crippen LogP contribution in [0.4, 0.5) is 10.1 Å². The van der Waals surface area contributed by atoms with E-state index in [1.54, 1.807) is 13.0 Å². The minimum atomic E-state index is -0.666. The van der Waals surface area contributed by atoms with Gasteiger partial charge in [-0.2, -0.15) is 0 Å². The molecule has 0 aliphatic heterocycles. The van der Waals surface area contributed by atoms with Gasteiger partial charge in [0.15, 0.2) is 0 Å². The van der Waals surface area contributed by atoms with Crippen molar-refractivity contribution in [3.8, 4) is 0 Å². The molecule has 2 N–H and O–H groups in total. The SMILES string of the molecule is CCOC(=O)c1c(NC2CCCC2)c2ccc(F)cc2[nH]c1=O.